The molecule has 0 amide bonds. The van der Waals surface area contributed by atoms with Crippen LogP contribution in [0, 0.1) is 11.8 Å². The van der Waals surface area contributed by atoms with E-state index in [0.717, 1.165) is 19.3 Å². The molecule has 2 N–H and O–H groups in total. The van der Waals surface area contributed by atoms with Crippen LogP contribution >= 0.6 is 0 Å². The van der Waals surface area contributed by atoms with Gasteiger partial charge in [0.25, 0.3) is 0 Å². The molecule has 3 nitrogen and oxygen atoms in total. The highest BCUT2D eigenvalue weighted by atomic mass is 16.4. The number of carbonyl (C=O) groups is 1. The lowest BCUT2D eigenvalue weighted by Crippen LogP contribution is -2.22. The van der Waals surface area contributed by atoms with Crippen LogP contribution < -0.4 is 0 Å². The number of rotatable bonds is 17. The molecule has 0 bridgehead atoms. The highest BCUT2D eigenvalue weighted by Gasteiger charge is 2.25. The SMILES string of the molecule is C=CCCCCCCC/C=C\C/C=C\C=C\C(CC)C(CC(=C)O)C(=O)O. The van der Waals surface area contributed by atoms with Crippen LogP contribution in [0.1, 0.15) is 71.1 Å². The maximum absolute atomic E-state index is 11.4. The first-order chi connectivity index (χ1) is 13.0. The van der Waals surface area contributed by atoms with E-state index in [1.54, 1.807) is 0 Å². The van der Waals surface area contributed by atoms with Crippen LogP contribution in [-0.2, 0) is 4.79 Å². The second kappa shape index (κ2) is 17.4. The fourth-order valence-electron chi connectivity index (χ4n) is 2.97. The van der Waals surface area contributed by atoms with Crippen LogP contribution in [0.15, 0.2) is 61.4 Å². The Hall–Kier alpha value is -2.03. The van der Waals surface area contributed by atoms with Crippen LogP contribution in [0.2, 0.25) is 0 Å². The highest BCUT2D eigenvalue weighted by molar-refractivity contribution is 5.71. The molecule has 2 unspecified atom stereocenters. The molecule has 0 fully saturated rings. The van der Waals surface area contributed by atoms with Crippen molar-refractivity contribution in [3.63, 3.8) is 0 Å². The van der Waals surface area contributed by atoms with Crippen molar-refractivity contribution in [3.8, 4) is 0 Å². The van der Waals surface area contributed by atoms with Gasteiger partial charge in [0.15, 0.2) is 0 Å². The molecule has 3 heteroatoms. The first kappa shape index (κ1) is 25.0. The van der Waals surface area contributed by atoms with Gasteiger partial charge in [-0.2, -0.15) is 0 Å². The van der Waals surface area contributed by atoms with Gasteiger partial charge in [0.2, 0.25) is 0 Å². The molecule has 0 radical (unpaired) electrons. The van der Waals surface area contributed by atoms with Gasteiger partial charge in [-0.1, -0.05) is 75.3 Å². The Kier molecular flexibility index (Phi) is 16.1. The zero-order valence-corrected chi connectivity index (χ0v) is 17.0. The van der Waals surface area contributed by atoms with Gasteiger partial charge in [0.05, 0.1) is 11.7 Å². The molecule has 0 aliphatic rings. The Morgan fingerprint density at radius 1 is 0.963 bits per heavy atom. The van der Waals surface area contributed by atoms with Gasteiger partial charge in [-0.3, -0.25) is 4.79 Å². The minimum absolute atomic E-state index is 0.0771. The van der Waals surface area contributed by atoms with Crippen LogP contribution in [0.4, 0.5) is 0 Å². The molecule has 0 saturated carbocycles. The average Bonchev–Trinajstić information content (AvgIpc) is 2.63. The molecule has 0 aromatic heterocycles. The van der Waals surface area contributed by atoms with Crippen LogP contribution in [0.5, 0.6) is 0 Å². The summed E-state index contributed by atoms with van der Waals surface area (Å²) in [6.45, 7) is 9.10. The summed E-state index contributed by atoms with van der Waals surface area (Å²) >= 11 is 0. The quantitative estimate of drug-likeness (QED) is 0.123. The number of allylic oxidation sites excluding steroid dienone is 8. The highest BCUT2D eigenvalue weighted by Crippen LogP contribution is 2.23. The number of aliphatic hydroxyl groups is 1. The predicted octanol–water partition coefficient (Wildman–Crippen LogP) is 7.15. The number of aliphatic carboxylic acids is 1. The van der Waals surface area contributed by atoms with Crippen molar-refractivity contribution >= 4 is 5.97 Å². The molecule has 2 atom stereocenters. The molecule has 0 spiro atoms. The Morgan fingerprint density at radius 3 is 2.22 bits per heavy atom. The lowest BCUT2D eigenvalue weighted by Gasteiger charge is -2.18. The number of hydrogen-bond donors (Lipinski definition) is 2. The van der Waals surface area contributed by atoms with Gasteiger partial charge in [-0.25, -0.2) is 0 Å². The Bertz CT molecular complexity index is 500. The third-order valence-electron chi connectivity index (χ3n) is 4.58. The molecule has 0 rings (SSSR count). The van der Waals surface area contributed by atoms with Crippen LogP contribution in [0.25, 0.3) is 0 Å². The van der Waals surface area contributed by atoms with Gasteiger partial charge in [-0.05, 0) is 44.4 Å². The van der Waals surface area contributed by atoms with E-state index >= 15 is 0 Å². The normalized spacial score (nSPS) is 14.1. The number of aliphatic hydroxyl groups excluding tert-OH is 1. The summed E-state index contributed by atoms with van der Waals surface area (Å²) in [6.07, 6.45) is 24.6. The van der Waals surface area contributed by atoms with Gasteiger partial charge in [0, 0.05) is 6.42 Å². The molecular formula is C24H38O3. The minimum Gasteiger partial charge on any atom is -0.513 e. The van der Waals surface area contributed by atoms with E-state index in [2.05, 4.69) is 31.4 Å². The van der Waals surface area contributed by atoms with Crippen molar-refractivity contribution in [2.75, 3.05) is 0 Å². The third kappa shape index (κ3) is 14.8. The Morgan fingerprint density at radius 2 is 1.63 bits per heavy atom. The summed E-state index contributed by atoms with van der Waals surface area (Å²) in [4.78, 5) is 11.4. The van der Waals surface area contributed by atoms with E-state index in [4.69, 9.17) is 0 Å². The molecule has 152 valence electrons. The largest absolute Gasteiger partial charge is 0.513 e. The predicted molar refractivity (Wildman–Crippen MR) is 116 cm³/mol. The zero-order valence-electron chi connectivity index (χ0n) is 17.0. The fraction of sp³-hybridized carbons (Fsp3) is 0.542. The molecule has 0 heterocycles. The van der Waals surface area contributed by atoms with Crippen molar-refractivity contribution in [2.45, 2.75) is 71.1 Å². The second-order valence-electron chi connectivity index (χ2n) is 6.94. The van der Waals surface area contributed by atoms with E-state index in [1.807, 2.05) is 31.2 Å². The molecule has 27 heavy (non-hydrogen) atoms. The van der Waals surface area contributed by atoms with Crippen molar-refractivity contribution < 1.29 is 15.0 Å². The molecule has 0 saturated heterocycles. The second-order valence-corrected chi connectivity index (χ2v) is 6.94. The first-order valence-electron chi connectivity index (χ1n) is 10.2. The number of unbranched alkanes of at least 4 members (excludes halogenated alkanes) is 6. The summed E-state index contributed by atoms with van der Waals surface area (Å²) in [5, 5.41) is 18.6. The summed E-state index contributed by atoms with van der Waals surface area (Å²) in [6, 6.07) is 0. The Labute approximate surface area is 165 Å². The molecule has 0 aromatic rings. The van der Waals surface area contributed by atoms with Crippen LogP contribution in [0.3, 0.4) is 0 Å². The molecule has 0 aliphatic heterocycles. The number of hydrogen-bond acceptors (Lipinski definition) is 2. The minimum atomic E-state index is -0.894. The third-order valence-corrected chi connectivity index (χ3v) is 4.58. The summed E-state index contributed by atoms with van der Waals surface area (Å²) in [5.74, 6) is -1.71. The zero-order chi connectivity index (χ0) is 20.3. The van der Waals surface area contributed by atoms with Crippen molar-refractivity contribution in [2.24, 2.45) is 11.8 Å². The van der Waals surface area contributed by atoms with Crippen LogP contribution in [-0.4, -0.2) is 16.2 Å². The fourth-order valence-corrected chi connectivity index (χ4v) is 2.97. The molecular weight excluding hydrogens is 336 g/mol. The van der Waals surface area contributed by atoms with E-state index < -0.39 is 11.9 Å². The van der Waals surface area contributed by atoms with Crippen molar-refractivity contribution in [1.29, 1.82) is 0 Å². The van der Waals surface area contributed by atoms with Crippen molar-refractivity contribution in [3.05, 3.63) is 61.4 Å². The molecule has 0 aromatic carbocycles. The average molecular weight is 375 g/mol. The lowest BCUT2D eigenvalue weighted by atomic mass is 9.86. The Balaban J connectivity index is 4.02. The smallest absolute Gasteiger partial charge is 0.307 e. The van der Waals surface area contributed by atoms with Gasteiger partial charge < -0.3 is 10.2 Å². The monoisotopic (exact) mass is 374 g/mol. The van der Waals surface area contributed by atoms with E-state index in [9.17, 15) is 15.0 Å². The van der Waals surface area contributed by atoms with Gasteiger partial charge >= 0.3 is 5.97 Å². The number of carboxylic acid groups (broad SMARTS) is 1. The van der Waals surface area contributed by atoms with E-state index in [-0.39, 0.29) is 18.1 Å². The topological polar surface area (TPSA) is 57.5 Å². The van der Waals surface area contributed by atoms with E-state index in [1.165, 1.54) is 32.1 Å². The first-order valence-corrected chi connectivity index (χ1v) is 10.2. The summed E-state index contributed by atoms with van der Waals surface area (Å²) in [5.41, 5.74) is 0. The van der Waals surface area contributed by atoms with Gasteiger partial charge in [0.1, 0.15) is 0 Å². The van der Waals surface area contributed by atoms with Gasteiger partial charge in [-0.15, -0.1) is 6.58 Å². The van der Waals surface area contributed by atoms with Crippen molar-refractivity contribution in [1.82, 2.24) is 0 Å². The number of carboxylic acids is 1. The standard InChI is InChI=1S/C24H38O3/c1-4-6-7-8-9-10-11-12-13-14-15-16-17-18-19-22(5-2)23(24(26)27)20-21(3)25/h4,13-14,16-19,22-23,25H,1,3,5-12,15,20H2,2H3,(H,26,27)/b14-13-,17-16-,19-18+. The van der Waals surface area contributed by atoms with E-state index in [0.29, 0.717) is 6.42 Å². The summed E-state index contributed by atoms with van der Waals surface area (Å²) < 4.78 is 0. The summed E-state index contributed by atoms with van der Waals surface area (Å²) in [7, 11) is 0. The maximum Gasteiger partial charge on any atom is 0.307 e. The molecule has 0 aliphatic carbocycles. The maximum atomic E-state index is 11.4. The lowest BCUT2D eigenvalue weighted by molar-refractivity contribution is -0.143.